The van der Waals surface area contributed by atoms with Gasteiger partial charge in [0.05, 0.1) is 22.5 Å². The molecular formula is C23H25ClFN3O2. The molecule has 0 aliphatic rings. The number of benzene rings is 2. The van der Waals surface area contributed by atoms with Crippen LogP contribution in [0, 0.1) is 5.82 Å². The van der Waals surface area contributed by atoms with E-state index in [-0.39, 0.29) is 11.1 Å². The second kappa shape index (κ2) is 9.39. The molecule has 0 radical (unpaired) electrons. The van der Waals surface area contributed by atoms with E-state index in [4.69, 9.17) is 11.6 Å². The van der Waals surface area contributed by atoms with Crippen molar-refractivity contribution in [3.05, 3.63) is 75.0 Å². The zero-order valence-corrected chi connectivity index (χ0v) is 18.1. The fraction of sp³-hybridized carbons (Fsp3) is 0.348. The van der Waals surface area contributed by atoms with Crippen molar-refractivity contribution in [2.24, 2.45) is 7.05 Å². The first-order valence-corrected chi connectivity index (χ1v) is 10.4. The molecule has 1 atom stereocenters. The Morgan fingerprint density at radius 3 is 2.67 bits per heavy atom. The number of carbonyl (C=O) groups excluding carboxylic acids is 1. The monoisotopic (exact) mass is 429 g/mol. The molecule has 0 N–H and O–H groups in total. The van der Waals surface area contributed by atoms with Crippen LogP contribution in [0.4, 0.5) is 4.39 Å². The largest absolute Gasteiger partial charge is 0.329 e. The van der Waals surface area contributed by atoms with Gasteiger partial charge in [0.15, 0.2) is 0 Å². The molecule has 1 heterocycles. The molecule has 0 spiro atoms. The molecule has 5 nitrogen and oxygen atoms in total. The maximum absolute atomic E-state index is 14.3. The molecule has 7 heteroatoms. The summed E-state index contributed by atoms with van der Waals surface area (Å²) < 4.78 is 15.8. The molecule has 1 unspecified atom stereocenters. The first-order valence-electron chi connectivity index (χ1n) is 10.1. The van der Waals surface area contributed by atoms with Crippen molar-refractivity contribution in [3.8, 4) is 0 Å². The van der Waals surface area contributed by atoms with Crippen LogP contribution in [-0.2, 0) is 7.05 Å². The number of unbranched alkanes of at least 4 members (excludes halogenated alkanes) is 2. The van der Waals surface area contributed by atoms with E-state index in [9.17, 15) is 14.0 Å². The molecule has 1 aromatic heterocycles. The maximum atomic E-state index is 14.3. The Morgan fingerprint density at radius 2 is 1.97 bits per heavy atom. The van der Waals surface area contributed by atoms with Crippen molar-refractivity contribution in [3.63, 3.8) is 0 Å². The van der Waals surface area contributed by atoms with E-state index in [0.29, 0.717) is 28.3 Å². The fourth-order valence-electron chi connectivity index (χ4n) is 3.57. The molecule has 0 fully saturated rings. The van der Waals surface area contributed by atoms with Crippen LogP contribution in [0.1, 0.15) is 55.3 Å². The Balaban J connectivity index is 2.07. The van der Waals surface area contributed by atoms with Gasteiger partial charge in [-0.25, -0.2) is 9.37 Å². The Kier molecular flexibility index (Phi) is 6.87. The minimum Gasteiger partial charge on any atom is -0.329 e. The quantitative estimate of drug-likeness (QED) is 0.490. The summed E-state index contributed by atoms with van der Waals surface area (Å²) in [4.78, 5) is 32.3. The van der Waals surface area contributed by atoms with Gasteiger partial charge in [0.1, 0.15) is 11.6 Å². The van der Waals surface area contributed by atoms with Crippen LogP contribution in [0.2, 0.25) is 5.02 Å². The second-order valence-electron chi connectivity index (χ2n) is 7.36. The van der Waals surface area contributed by atoms with Crippen molar-refractivity contribution in [2.45, 2.75) is 39.2 Å². The fourth-order valence-corrected chi connectivity index (χ4v) is 3.73. The zero-order valence-electron chi connectivity index (χ0n) is 17.4. The Morgan fingerprint density at radius 1 is 1.23 bits per heavy atom. The van der Waals surface area contributed by atoms with Crippen LogP contribution in [0.3, 0.4) is 0 Å². The van der Waals surface area contributed by atoms with E-state index in [1.807, 2.05) is 6.92 Å². The number of fused-ring (bicyclic) bond motifs is 1. The molecule has 3 aromatic rings. The predicted octanol–water partition coefficient (Wildman–Crippen LogP) is 5.12. The summed E-state index contributed by atoms with van der Waals surface area (Å²) in [7, 11) is 1.63. The first kappa shape index (κ1) is 22.0. The molecule has 1 amide bonds. The van der Waals surface area contributed by atoms with Crippen LogP contribution < -0.4 is 5.56 Å². The molecule has 0 bridgehead atoms. The number of carbonyl (C=O) groups is 1. The van der Waals surface area contributed by atoms with E-state index in [1.54, 1.807) is 42.3 Å². The number of nitrogens with zero attached hydrogens (tertiary/aromatic N) is 3. The van der Waals surface area contributed by atoms with Gasteiger partial charge in [-0.3, -0.25) is 14.2 Å². The average Bonchev–Trinajstić information content (AvgIpc) is 2.73. The van der Waals surface area contributed by atoms with Crippen LogP contribution in [0.5, 0.6) is 0 Å². The molecule has 0 saturated heterocycles. The minimum absolute atomic E-state index is 0.00896. The Labute approximate surface area is 180 Å². The third kappa shape index (κ3) is 4.38. The van der Waals surface area contributed by atoms with E-state index < -0.39 is 17.8 Å². The van der Waals surface area contributed by atoms with Crippen LogP contribution in [0.25, 0.3) is 10.9 Å². The number of hydrogen-bond acceptors (Lipinski definition) is 3. The van der Waals surface area contributed by atoms with Crippen LogP contribution >= 0.6 is 11.6 Å². The summed E-state index contributed by atoms with van der Waals surface area (Å²) in [6.07, 6.45) is 2.70. The second-order valence-corrected chi connectivity index (χ2v) is 7.79. The molecule has 0 saturated carbocycles. The molecule has 2 aromatic carbocycles. The highest BCUT2D eigenvalue weighted by Crippen LogP contribution is 2.24. The molecule has 158 valence electrons. The van der Waals surface area contributed by atoms with Crippen LogP contribution in [0.15, 0.2) is 47.3 Å². The molecule has 0 aliphatic heterocycles. The lowest BCUT2D eigenvalue weighted by atomic mass is 10.1. The van der Waals surface area contributed by atoms with Crippen molar-refractivity contribution in [1.29, 1.82) is 0 Å². The standard InChI is InChI=1S/C23H25ClFN3O2/c1-4-5-8-13-28(23(30)17-9-6-7-10-19(17)25)15(2)21-26-20-14-16(24)11-12-18(20)22(29)27(21)3/h6-7,9-12,14-15H,4-5,8,13H2,1-3H3. The van der Waals surface area contributed by atoms with E-state index in [1.165, 1.54) is 16.7 Å². The summed E-state index contributed by atoms with van der Waals surface area (Å²) in [5.41, 5.74) is 0.263. The van der Waals surface area contributed by atoms with Gasteiger partial charge in [0.25, 0.3) is 11.5 Å². The molecular weight excluding hydrogens is 405 g/mol. The van der Waals surface area contributed by atoms with Gasteiger partial charge in [-0.15, -0.1) is 0 Å². The van der Waals surface area contributed by atoms with E-state index in [0.717, 1.165) is 19.3 Å². The molecule has 0 aliphatic carbocycles. The van der Waals surface area contributed by atoms with Gasteiger partial charge in [-0.05, 0) is 43.7 Å². The number of halogens is 2. The van der Waals surface area contributed by atoms with E-state index in [2.05, 4.69) is 11.9 Å². The van der Waals surface area contributed by atoms with Gasteiger partial charge in [-0.1, -0.05) is 43.5 Å². The lowest BCUT2D eigenvalue weighted by molar-refractivity contribution is 0.0671. The van der Waals surface area contributed by atoms with Crippen molar-refractivity contribution >= 4 is 28.4 Å². The minimum atomic E-state index is -0.567. The third-order valence-corrected chi connectivity index (χ3v) is 5.52. The normalized spacial score (nSPS) is 12.2. The Bertz CT molecular complexity index is 1130. The summed E-state index contributed by atoms with van der Waals surface area (Å²) in [5, 5.41) is 0.930. The summed E-state index contributed by atoms with van der Waals surface area (Å²) in [6.45, 7) is 4.32. The van der Waals surface area contributed by atoms with E-state index >= 15 is 0 Å². The highest BCUT2D eigenvalue weighted by molar-refractivity contribution is 6.31. The van der Waals surface area contributed by atoms with Gasteiger partial charge in [-0.2, -0.15) is 0 Å². The number of amides is 1. The average molecular weight is 430 g/mol. The van der Waals surface area contributed by atoms with Crippen LogP contribution in [-0.4, -0.2) is 26.9 Å². The highest BCUT2D eigenvalue weighted by Gasteiger charge is 2.27. The number of hydrogen-bond donors (Lipinski definition) is 0. The van der Waals surface area contributed by atoms with Gasteiger partial charge < -0.3 is 4.90 Å². The van der Waals surface area contributed by atoms with Crippen molar-refractivity contribution in [2.75, 3.05) is 6.54 Å². The number of aromatic nitrogens is 2. The third-order valence-electron chi connectivity index (χ3n) is 5.28. The summed E-state index contributed by atoms with van der Waals surface area (Å²) >= 11 is 6.08. The summed E-state index contributed by atoms with van der Waals surface area (Å²) in [6, 6.07) is 10.3. The Hall–Kier alpha value is -2.73. The lowest BCUT2D eigenvalue weighted by Gasteiger charge is -2.30. The molecule has 30 heavy (non-hydrogen) atoms. The smallest absolute Gasteiger partial charge is 0.261 e. The van der Waals surface area contributed by atoms with Crippen molar-refractivity contribution < 1.29 is 9.18 Å². The maximum Gasteiger partial charge on any atom is 0.261 e. The lowest BCUT2D eigenvalue weighted by Crippen LogP contribution is -2.38. The SMILES string of the molecule is CCCCCN(C(=O)c1ccccc1F)C(C)c1nc2cc(Cl)ccc2c(=O)n1C. The predicted molar refractivity (Wildman–Crippen MR) is 117 cm³/mol. The van der Waals surface area contributed by atoms with Gasteiger partial charge >= 0.3 is 0 Å². The summed E-state index contributed by atoms with van der Waals surface area (Å²) in [5.74, 6) is -0.560. The number of rotatable bonds is 7. The van der Waals surface area contributed by atoms with Gasteiger partial charge in [0, 0.05) is 18.6 Å². The molecule has 3 rings (SSSR count). The van der Waals surface area contributed by atoms with Crippen molar-refractivity contribution in [1.82, 2.24) is 14.5 Å². The topological polar surface area (TPSA) is 55.2 Å². The first-order chi connectivity index (χ1) is 14.3. The van der Waals surface area contributed by atoms with Gasteiger partial charge in [0.2, 0.25) is 0 Å². The zero-order chi connectivity index (χ0) is 21.8. The highest BCUT2D eigenvalue weighted by atomic mass is 35.5.